The largest absolute Gasteiger partial charge is 0.573 e. The van der Waals surface area contributed by atoms with Crippen LogP contribution in [0.1, 0.15) is 55.3 Å². The Kier molecular flexibility index (Phi) is 13.1. The van der Waals surface area contributed by atoms with E-state index in [-0.39, 0.29) is 62.5 Å². The summed E-state index contributed by atoms with van der Waals surface area (Å²) < 4.78 is 102. The fraction of sp³-hybridized carbons (Fsp3) is 0.200. The molecule has 0 saturated heterocycles. The van der Waals surface area contributed by atoms with Crippen molar-refractivity contribution in [3.63, 3.8) is 0 Å². The minimum Gasteiger partial charge on any atom is -0.502 e. The lowest BCUT2D eigenvalue weighted by molar-refractivity contribution is -0.276. The number of hydrogen-bond acceptors (Lipinski definition) is 12. The quantitative estimate of drug-likeness (QED) is 0.136. The van der Waals surface area contributed by atoms with E-state index in [1.807, 2.05) is 0 Å². The number of carbonyl (C=O) groups excluding carboxylic acids is 2. The van der Waals surface area contributed by atoms with Crippen molar-refractivity contribution in [1.29, 1.82) is 0 Å². The zero-order valence-corrected chi connectivity index (χ0v) is 37.4. The number of rotatable bonds is 4. The molecule has 4 aromatic carbocycles. The average molecular weight is 999 g/mol. The van der Waals surface area contributed by atoms with E-state index in [1.54, 1.807) is 107 Å². The number of ether oxygens (including phenoxy) is 4. The molecule has 0 spiro atoms. The van der Waals surface area contributed by atoms with Gasteiger partial charge >= 0.3 is 12.7 Å². The van der Waals surface area contributed by atoms with Gasteiger partial charge in [0.05, 0.1) is 0 Å². The van der Waals surface area contributed by atoms with Crippen molar-refractivity contribution in [2.45, 2.75) is 24.8 Å². The first-order valence-electron chi connectivity index (χ1n) is 21.9. The van der Waals surface area contributed by atoms with Gasteiger partial charge in [-0.3, -0.25) is 38.5 Å². The third-order valence-electron chi connectivity index (χ3n) is 11.8. The first-order valence-corrected chi connectivity index (χ1v) is 21.9. The summed E-state index contributed by atoms with van der Waals surface area (Å²) in [7, 11) is 0. The minimum atomic E-state index is -4.95. The highest BCUT2D eigenvalue weighted by molar-refractivity contribution is 5.97. The predicted molar refractivity (Wildman–Crippen MR) is 245 cm³/mol. The van der Waals surface area contributed by atoms with Crippen LogP contribution in [0.25, 0.3) is 0 Å². The third kappa shape index (κ3) is 9.69. The molecule has 372 valence electrons. The van der Waals surface area contributed by atoms with Crippen molar-refractivity contribution >= 4 is 11.8 Å². The van der Waals surface area contributed by atoms with Crippen LogP contribution in [0.5, 0.6) is 34.5 Å². The Balaban J connectivity index is 0.000000178. The number of fused-ring (bicyclic) bond motifs is 10. The highest BCUT2D eigenvalue weighted by Gasteiger charge is 2.41. The summed E-state index contributed by atoms with van der Waals surface area (Å²) in [6.45, 7) is 0.0787. The summed E-state index contributed by atoms with van der Waals surface area (Å²) in [5.41, 5.74) is 0.0527. The van der Waals surface area contributed by atoms with Crippen LogP contribution in [0, 0.1) is 0 Å². The second-order valence-corrected chi connectivity index (χ2v) is 16.3. The van der Waals surface area contributed by atoms with E-state index in [9.17, 15) is 55.7 Å². The van der Waals surface area contributed by atoms with Crippen molar-refractivity contribution < 1.29 is 65.1 Å². The molecule has 2 N–H and O–H groups in total. The maximum atomic E-state index is 13.2. The van der Waals surface area contributed by atoms with Crippen LogP contribution in [0.4, 0.5) is 26.3 Å². The standard InChI is InChI=1S/2C25H20F3N3O5/c2*26-25(27,28)36-19-10-6-9-17-20(16-7-2-1-3-8-16)31-15-29(12-4-5-14-35-23(17)19)24(34)21-22(33)18(32)11-13-30(21)31/h2*1-11,13,20,33H,12,14-15H2/b2*5-4-/t2*20-/m10/s1. The molecular weight excluding hydrogens is 959 g/mol. The Morgan fingerprint density at radius 3 is 1.26 bits per heavy atom. The monoisotopic (exact) mass is 998 g/mol. The zero-order chi connectivity index (χ0) is 50.9. The lowest BCUT2D eigenvalue weighted by atomic mass is 9.96. The van der Waals surface area contributed by atoms with Gasteiger partial charge in [-0.25, -0.2) is 0 Å². The van der Waals surface area contributed by atoms with E-state index >= 15 is 0 Å². The SMILES string of the molecule is O=C1c2c(O)c(=O)ccn2N2CN1C/C=C\COc1c(OC(F)(F)F)cccc1[C@@H]2c1ccccc1.O=C1c2c(O)c(=O)ccn2N2CN1C/C=C\COc1c(OC(F)(F)F)cccc1[C@H]2c1ccccc1. The van der Waals surface area contributed by atoms with Crippen LogP contribution < -0.4 is 39.8 Å². The van der Waals surface area contributed by atoms with Crippen LogP contribution in [0.3, 0.4) is 0 Å². The molecule has 16 nitrogen and oxygen atoms in total. The Labute approximate surface area is 404 Å². The van der Waals surface area contributed by atoms with E-state index in [0.29, 0.717) is 22.3 Å². The van der Waals surface area contributed by atoms with Crippen molar-refractivity contribution in [2.75, 3.05) is 49.7 Å². The Morgan fingerprint density at radius 2 is 0.889 bits per heavy atom. The Morgan fingerprint density at radius 1 is 0.500 bits per heavy atom. The van der Waals surface area contributed by atoms with Crippen molar-refractivity contribution in [3.8, 4) is 34.5 Å². The molecule has 4 aliphatic heterocycles. The van der Waals surface area contributed by atoms with Crippen LogP contribution in [0.15, 0.2) is 155 Å². The maximum Gasteiger partial charge on any atom is 0.573 e. The highest BCUT2D eigenvalue weighted by atomic mass is 19.4. The van der Waals surface area contributed by atoms with Gasteiger partial charge in [0.2, 0.25) is 10.9 Å². The van der Waals surface area contributed by atoms with Crippen LogP contribution in [0.2, 0.25) is 0 Å². The smallest absolute Gasteiger partial charge is 0.502 e. The number of nitrogens with zero attached hydrogens (tertiary/aromatic N) is 6. The normalized spacial score (nSPS) is 18.4. The third-order valence-corrected chi connectivity index (χ3v) is 11.8. The molecule has 72 heavy (non-hydrogen) atoms. The molecule has 2 aromatic heterocycles. The van der Waals surface area contributed by atoms with E-state index in [4.69, 9.17) is 9.47 Å². The summed E-state index contributed by atoms with van der Waals surface area (Å²) >= 11 is 0. The molecule has 0 fully saturated rings. The maximum absolute atomic E-state index is 13.2. The number of benzene rings is 4. The van der Waals surface area contributed by atoms with E-state index < -0.39 is 70.5 Å². The first-order chi connectivity index (χ1) is 34.5. The fourth-order valence-electron chi connectivity index (χ4n) is 8.78. The van der Waals surface area contributed by atoms with Gasteiger partial charge in [-0.1, -0.05) is 97.1 Å². The molecule has 4 bridgehead atoms. The van der Waals surface area contributed by atoms with Gasteiger partial charge in [-0.2, -0.15) is 0 Å². The topological polar surface area (TPSA) is 168 Å². The van der Waals surface area contributed by atoms with Gasteiger partial charge in [0.25, 0.3) is 11.8 Å². The number of alkyl halides is 6. The van der Waals surface area contributed by atoms with Gasteiger partial charge in [0.15, 0.2) is 45.9 Å². The van der Waals surface area contributed by atoms with Crippen LogP contribution in [-0.2, 0) is 0 Å². The van der Waals surface area contributed by atoms with Gasteiger partial charge in [-0.15, -0.1) is 26.3 Å². The molecule has 10 rings (SSSR count). The number of para-hydroxylation sites is 2. The van der Waals surface area contributed by atoms with Gasteiger partial charge in [0.1, 0.15) is 38.6 Å². The minimum absolute atomic E-state index is 0.00183. The van der Waals surface area contributed by atoms with Crippen molar-refractivity contribution in [3.05, 3.63) is 200 Å². The second kappa shape index (κ2) is 19.5. The van der Waals surface area contributed by atoms with E-state index in [1.165, 1.54) is 55.8 Å². The fourth-order valence-corrected chi connectivity index (χ4v) is 8.78. The zero-order valence-electron chi connectivity index (χ0n) is 37.4. The first kappa shape index (κ1) is 48.2. The Bertz CT molecular complexity index is 2990. The molecule has 2 amide bonds. The molecule has 0 aliphatic carbocycles. The second-order valence-electron chi connectivity index (χ2n) is 16.3. The summed E-state index contributed by atoms with van der Waals surface area (Å²) in [6.07, 6.45) is -0.797. The summed E-state index contributed by atoms with van der Waals surface area (Å²) in [5, 5.41) is 24.4. The molecule has 0 unspecified atom stereocenters. The Hall–Kier alpha value is -8.82. The summed E-state index contributed by atoms with van der Waals surface area (Å²) in [5.74, 6) is -3.82. The summed E-state index contributed by atoms with van der Waals surface area (Å²) in [6, 6.07) is 26.9. The molecule has 0 saturated carbocycles. The van der Waals surface area contributed by atoms with Crippen LogP contribution in [-0.4, -0.2) is 93.5 Å². The lowest BCUT2D eigenvalue weighted by Crippen LogP contribution is -2.55. The predicted octanol–water partition coefficient (Wildman–Crippen LogP) is 7.08. The molecular formula is C50H40F6N6O10. The summed E-state index contributed by atoms with van der Waals surface area (Å²) in [4.78, 5) is 53.7. The molecule has 2 atom stereocenters. The number of halogens is 6. The molecule has 22 heteroatoms. The average Bonchev–Trinajstić information content (AvgIpc) is 3.39. The number of pyridine rings is 2. The number of amides is 2. The van der Waals surface area contributed by atoms with E-state index in [0.717, 1.165) is 12.1 Å². The number of carbonyl (C=O) groups is 2. The molecule has 6 heterocycles. The van der Waals surface area contributed by atoms with Gasteiger partial charge in [0, 0.05) is 48.7 Å². The highest BCUT2D eigenvalue weighted by Crippen LogP contribution is 2.45. The number of aromatic nitrogens is 2. The number of hydrogen-bond donors (Lipinski definition) is 2. The molecule has 4 aliphatic rings. The van der Waals surface area contributed by atoms with Crippen molar-refractivity contribution in [2.24, 2.45) is 0 Å². The van der Waals surface area contributed by atoms with Gasteiger partial charge < -0.3 is 39.0 Å². The van der Waals surface area contributed by atoms with E-state index in [2.05, 4.69) is 9.47 Å². The molecule has 6 aromatic rings. The van der Waals surface area contributed by atoms with Crippen LogP contribution >= 0.6 is 0 Å². The lowest BCUT2D eigenvalue weighted by Gasteiger charge is -2.43. The number of aromatic hydroxyl groups is 2. The molecule has 0 radical (unpaired) electrons. The van der Waals surface area contributed by atoms with Gasteiger partial charge in [-0.05, 0) is 35.4 Å². The van der Waals surface area contributed by atoms with Crippen molar-refractivity contribution in [1.82, 2.24) is 19.2 Å².